The molecule has 2 N–H and O–H groups in total. The highest BCUT2D eigenvalue weighted by Gasteiger charge is 2.19. The quantitative estimate of drug-likeness (QED) is 0.873. The molecule has 5 nitrogen and oxygen atoms in total. The van der Waals surface area contributed by atoms with E-state index in [1.54, 1.807) is 18.4 Å². The van der Waals surface area contributed by atoms with Crippen LogP contribution in [0.2, 0.25) is 0 Å². The second-order valence-electron chi connectivity index (χ2n) is 5.18. The molecule has 2 heterocycles. The molecule has 0 saturated heterocycles. The zero-order valence-corrected chi connectivity index (χ0v) is 10.8. The van der Waals surface area contributed by atoms with Gasteiger partial charge in [-0.05, 0) is 18.2 Å². The Morgan fingerprint density at radius 3 is 2.83 bits per heavy atom. The van der Waals surface area contributed by atoms with Crippen molar-refractivity contribution >= 4 is 5.91 Å². The maximum atomic E-state index is 11.8. The number of rotatable bonds is 3. The molecule has 2 aromatic rings. The fraction of sp³-hybridized carbons (Fsp3) is 0.385. The SMILES string of the molecule is CC(C)(C)c1cc(C(=O)NCc2ccco2)n[nH]1. The van der Waals surface area contributed by atoms with E-state index in [1.807, 2.05) is 6.07 Å². The molecular formula is C13H17N3O2. The average molecular weight is 247 g/mol. The van der Waals surface area contributed by atoms with E-state index in [-0.39, 0.29) is 11.3 Å². The predicted octanol–water partition coefficient (Wildman–Crippen LogP) is 2.23. The lowest BCUT2D eigenvalue weighted by molar-refractivity contribution is 0.0943. The summed E-state index contributed by atoms with van der Waals surface area (Å²) in [5.41, 5.74) is 1.28. The van der Waals surface area contributed by atoms with Crippen LogP contribution < -0.4 is 5.32 Å². The van der Waals surface area contributed by atoms with Crippen molar-refractivity contribution in [3.63, 3.8) is 0 Å². The Morgan fingerprint density at radius 1 is 1.50 bits per heavy atom. The zero-order valence-electron chi connectivity index (χ0n) is 10.8. The summed E-state index contributed by atoms with van der Waals surface area (Å²) in [6.45, 7) is 6.55. The second-order valence-corrected chi connectivity index (χ2v) is 5.18. The first-order valence-electron chi connectivity index (χ1n) is 5.83. The predicted molar refractivity (Wildman–Crippen MR) is 67.2 cm³/mol. The first kappa shape index (κ1) is 12.4. The third-order valence-corrected chi connectivity index (χ3v) is 2.62. The van der Waals surface area contributed by atoms with Crippen LogP contribution in [0.3, 0.4) is 0 Å². The number of carbonyl (C=O) groups is 1. The molecule has 0 aliphatic rings. The maximum Gasteiger partial charge on any atom is 0.272 e. The monoisotopic (exact) mass is 247 g/mol. The Balaban J connectivity index is 1.99. The fourth-order valence-electron chi connectivity index (χ4n) is 1.49. The van der Waals surface area contributed by atoms with E-state index in [2.05, 4.69) is 36.3 Å². The van der Waals surface area contributed by atoms with Crippen LogP contribution >= 0.6 is 0 Å². The highest BCUT2D eigenvalue weighted by atomic mass is 16.3. The minimum atomic E-state index is -0.210. The smallest absolute Gasteiger partial charge is 0.272 e. The van der Waals surface area contributed by atoms with E-state index < -0.39 is 0 Å². The number of amides is 1. The number of carbonyl (C=O) groups excluding carboxylic acids is 1. The molecule has 0 atom stereocenters. The topological polar surface area (TPSA) is 70.9 Å². The molecule has 2 aromatic heterocycles. The number of aromatic nitrogens is 2. The van der Waals surface area contributed by atoms with Crippen LogP contribution in [0.4, 0.5) is 0 Å². The van der Waals surface area contributed by atoms with Crippen molar-refractivity contribution < 1.29 is 9.21 Å². The van der Waals surface area contributed by atoms with Crippen molar-refractivity contribution in [1.82, 2.24) is 15.5 Å². The molecule has 0 aliphatic heterocycles. The maximum absolute atomic E-state index is 11.8. The van der Waals surface area contributed by atoms with E-state index in [0.717, 1.165) is 11.5 Å². The van der Waals surface area contributed by atoms with E-state index in [4.69, 9.17) is 4.42 Å². The van der Waals surface area contributed by atoms with E-state index in [9.17, 15) is 4.79 Å². The molecule has 5 heteroatoms. The number of furan rings is 1. The van der Waals surface area contributed by atoms with Crippen LogP contribution in [0.15, 0.2) is 28.9 Å². The van der Waals surface area contributed by atoms with Crippen LogP contribution in [0.5, 0.6) is 0 Å². The number of nitrogens with one attached hydrogen (secondary N) is 2. The lowest BCUT2D eigenvalue weighted by Crippen LogP contribution is -2.22. The Morgan fingerprint density at radius 2 is 2.28 bits per heavy atom. The van der Waals surface area contributed by atoms with E-state index in [1.165, 1.54) is 0 Å². The van der Waals surface area contributed by atoms with Gasteiger partial charge in [-0.2, -0.15) is 5.10 Å². The highest BCUT2D eigenvalue weighted by Crippen LogP contribution is 2.20. The van der Waals surface area contributed by atoms with Gasteiger partial charge in [-0.1, -0.05) is 20.8 Å². The molecule has 0 fully saturated rings. The third-order valence-electron chi connectivity index (χ3n) is 2.62. The van der Waals surface area contributed by atoms with Gasteiger partial charge in [0.25, 0.3) is 5.91 Å². The molecule has 0 spiro atoms. The van der Waals surface area contributed by atoms with Crippen molar-refractivity contribution in [2.45, 2.75) is 32.7 Å². The summed E-state index contributed by atoms with van der Waals surface area (Å²) in [6, 6.07) is 5.37. The molecule has 2 rings (SSSR count). The van der Waals surface area contributed by atoms with E-state index in [0.29, 0.717) is 12.2 Å². The summed E-state index contributed by atoms with van der Waals surface area (Å²) in [6.07, 6.45) is 1.58. The average Bonchev–Trinajstić information content (AvgIpc) is 2.96. The normalized spacial score (nSPS) is 11.5. The van der Waals surface area contributed by atoms with Gasteiger partial charge in [0, 0.05) is 11.1 Å². The molecule has 0 saturated carbocycles. The number of hydrogen-bond donors (Lipinski definition) is 2. The Bertz CT molecular complexity index is 521. The summed E-state index contributed by atoms with van der Waals surface area (Å²) in [5, 5.41) is 9.65. The van der Waals surface area contributed by atoms with Gasteiger partial charge in [0.15, 0.2) is 0 Å². The largest absolute Gasteiger partial charge is 0.467 e. The summed E-state index contributed by atoms with van der Waals surface area (Å²) in [5.74, 6) is 0.507. The molecule has 0 aromatic carbocycles. The van der Waals surface area contributed by atoms with Crippen molar-refractivity contribution in [3.05, 3.63) is 41.6 Å². The molecule has 0 aliphatic carbocycles. The Labute approximate surface area is 106 Å². The summed E-state index contributed by atoms with van der Waals surface area (Å²) in [4.78, 5) is 11.8. The van der Waals surface area contributed by atoms with Gasteiger partial charge in [-0.3, -0.25) is 9.89 Å². The zero-order chi connectivity index (χ0) is 13.2. The third kappa shape index (κ3) is 2.80. The van der Waals surface area contributed by atoms with Crippen LogP contribution in [0.25, 0.3) is 0 Å². The Hall–Kier alpha value is -2.04. The van der Waals surface area contributed by atoms with Gasteiger partial charge in [-0.25, -0.2) is 0 Å². The van der Waals surface area contributed by atoms with Crippen molar-refractivity contribution in [1.29, 1.82) is 0 Å². The molecule has 96 valence electrons. The van der Waals surface area contributed by atoms with Gasteiger partial charge in [-0.15, -0.1) is 0 Å². The first-order chi connectivity index (χ1) is 8.47. The Kier molecular flexibility index (Phi) is 3.23. The van der Waals surface area contributed by atoms with Gasteiger partial charge in [0.05, 0.1) is 12.8 Å². The van der Waals surface area contributed by atoms with Crippen LogP contribution in [0, 0.1) is 0 Å². The highest BCUT2D eigenvalue weighted by molar-refractivity contribution is 5.92. The van der Waals surface area contributed by atoms with Gasteiger partial charge in [0.1, 0.15) is 11.5 Å². The molecule has 0 unspecified atom stereocenters. The lowest BCUT2D eigenvalue weighted by Gasteiger charge is -2.14. The molecule has 18 heavy (non-hydrogen) atoms. The van der Waals surface area contributed by atoms with Crippen LogP contribution in [-0.2, 0) is 12.0 Å². The first-order valence-corrected chi connectivity index (χ1v) is 5.83. The summed E-state index contributed by atoms with van der Waals surface area (Å²) in [7, 11) is 0. The van der Waals surface area contributed by atoms with Crippen LogP contribution in [-0.4, -0.2) is 16.1 Å². The molecular weight excluding hydrogens is 230 g/mol. The fourth-order valence-corrected chi connectivity index (χ4v) is 1.49. The second kappa shape index (κ2) is 4.68. The lowest BCUT2D eigenvalue weighted by atomic mass is 9.92. The summed E-state index contributed by atoms with van der Waals surface area (Å²) < 4.78 is 5.14. The number of nitrogens with zero attached hydrogens (tertiary/aromatic N) is 1. The van der Waals surface area contributed by atoms with E-state index >= 15 is 0 Å². The van der Waals surface area contributed by atoms with Gasteiger partial charge in [0.2, 0.25) is 0 Å². The molecule has 0 bridgehead atoms. The standard InChI is InChI=1S/C13H17N3O2/c1-13(2,3)11-7-10(15-16-11)12(17)14-8-9-5-4-6-18-9/h4-7H,8H2,1-3H3,(H,14,17)(H,15,16). The molecule has 0 radical (unpaired) electrons. The van der Waals surface area contributed by atoms with Gasteiger partial charge >= 0.3 is 0 Å². The van der Waals surface area contributed by atoms with Gasteiger partial charge < -0.3 is 9.73 Å². The minimum absolute atomic E-state index is 0.0491. The number of aromatic amines is 1. The van der Waals surface area contributed by atoms with Crippen molar-refractivity contribution in [2.24, 2.45) is 0 Å². The van der Waals surface area contributed by atoms with Crippen molar-refractivity contribution in [3.8, 4) is 0 Å². The number of H-pyrrole nitrogens is 1. The van der Waals surface area contributed by atoms with Crippen molar-refractivity contribution in [2.75, 3.05) is 0 Å². The number of hydrogen-bond acceptors (Lipinski definition) is 3. The molecule has 1 amide bonds. The van der Waals surface area contributed by atoms with Crippen LogP contribution in [0.1, 0.15) is 42.7 Å². The minimum Gasteiger partial charge on any atom is -0.467 e. The summed E-state index contributed by atoms with van der Waals surface area (Å²) >= 11 is 0.